The van der Waals surface area contributed by atoms with Crippen molar-refractivity contribution in [2.45, 2.75) is 18.8 Å². The van der Waals surface area contributed by atoms with E-state index < -0.39 is 0 Å². The summed E-state index contributed by atoms with van der Waals surface area (Å²) in [6.45, 7) is 0. The number of hydrogen-bond donors (Lipinski definition) is 1. The van der Waals surface area contributed by atoms with Gasteiger partial charge in [0.1, 0.15) is 0 Å². The third kappa shape index (κ3) is 1.86. The molecule has 1 aromatic carbocycles. The molecule has 1 aliphatic rings. The lowest BCUT2D eigenvalue weighted by molar-refractivity contribution is 0.720. The molecule has 0 amide bonds. The Kier molecular flexibility index (Phi) is 2.26. The highest BCUT2D eigenvalue weighted by Gasteiger charge is 2.14. The van der Waals surface area contributed by atoms with Gasteiger partial charge in [0.15, 0.2) is 0 Å². The Labute approximate surface area is 78.6 Å². The van der Waals surface area contributed by atoms with Crippen molar-refractivity contribution in [3.8, 4) is 0 Å². The van der Waals surface area contributed by atoms with Crippen LogP contribution in [0.2, 0.25) is 0 Å². The maximum Gasteiger partial charge on any atom is 0.0316 e. The van der Waals surface area contributed by atoms with E-state index in [2.05, 4.69) is 30.3 Å². The van der Waals surface area contributed by atoms with Crippen LogP contribution in [0.4, 0.5) is 0 Å². The predicted octanol–water partition coefficient (Wildman–Crippen LogP) is 3.14. The molecule has 13 heavy (non-hydrogen) atoms. The average molecular weight is 171 g/mol. The van der Waals surface area contributed by atoms with Crippen molar-refractivity contribution in [3.05, 3.63) is 48.0 Å². The summed E-state index contributed by atoms with van der Waals surface area (Å²) >= 11 is 0. The van der Waals surface area contributed by atoms with E-state index in [-0.39, 0.29) is 0 Å². The Morgan fingerprint density at radius 2 is 1.92 bits per heavy atom. The molecule has 0 radical (unpaired) electrons. The van der Waals surface area contributed by atoms with E-state index in [1.165, 1.54) is 5.56 Å². The van der Waals surface area contributed by atoms with Gasteiger partial charge in [-0.25, -0.2) is 0 Å². The van der Waals surface area contributed by atoms with Crippen molar-refractivity contribution in [3.63, 3.8) is 0 Å². The van der Waals surface area contributed by atoms with Gasteiger partial charge in [0.2, 0.25) is 0 Å². The Balaban J connectivity index is 2.19. The van der Waals surface area contributed by atoms with Gasteiger partial charge in [-0.2, -0.15) is 0 Å². The van der Waals surface area contributed by atoms with Crippen molar-refractivity contribution in [2.24, 2.45) is 0 Å². The molecule has 0 saturated carbocycles. The molecule has 1 aromatic rings. The van der Waals surface area contributed by atoms with Gasteiger partial charge in [-0.15, -0.1) is 0 Å². The zero-order valence-electron chi connectivity index (χ0n) is 7.53. The van der Waals surface area contributed by atoms with Crippen LogP contribution in [0.25, 0.3) is 0 Å². The summed E-state index contributed by atoms with van der Waals surface area (Å²) in [6, 6.07) is 10.5. The molecule has 1 atom stereocenters. The van der Waals surface area contributed by atoms with Crippen LogP contribution in [0.1, 0.15) is 24.3 Å². The van der Waals surface area contributed by atoms with E-state index in [0.717, 1.165) is 18.6 Å². The fourth-order valence-corrected chi connectivity index (χ4v) is 1.77. The van der Waals surface area contributed by atoms with E-state index in [9.17, 15) is 0 Å². The monoisotopic (exact) mass is 171 g/mol. The van der Waals surface area contributed by atoms with E-state index in [1.807, 2.05) is 12.1 Å². The number of rotatable bonds is 1. The third-order valence-corrected chi connectivity index (χ3v) is 2.48. The number of hydrogen-bond acceptors (Lipinski definition) is 1. The summed E-state index contributed by atoms with van der Waals surface area (Å²) in [5.74, 6) is 0.527. The first-order valence-corrected chi connectivity index (χ1v) is 4.65. The lowest BCUT2D eigenvalue weighted by Gasteiger charge is -2.18. The third-order valence-electron chi connectivity index (χ3n) is 2.48. The highest BCUT2D eigenvalue weighted by molar-refractivity contribution is 5.93. The molecule has 0 aliphatic heterocycles. The van der Waals surface area contributed by atoms with Gasteiger partial charge in [-0.05, 0) is 30.4 Å². The molecule has 1 aliphatic carbocycles. The van der Waals surface area contributed by atoms with Crippen LogP contribution >= 0.6 is 0 Å². The van der Waals surface area contributed by atoms with Gasteiger partial charge in [-0.1, -0.05) is 36.4 Å². The van der Waals surface area contributed by atoms with Gasteiger partial charge in [-0.3, -0.25) is 0 Å². The van der Waals surface area contributed by atoms with Crippen LogP contribution in [0, 0.1) is 5.41 Å². The van der Waals surface area contributed by atoms with E-state index in [0.29, 0.717) is 5.92 Å². The van der Waals surface area contributed by atoms with Crippen molar-refractivity contribution in [1.29, 1.82) is 5.41 Å². The first kappa shape index (κ1) is 8.24. The van der Waals surface area contributed by atoms with Crippen LogP contribution in [0.15, 0.2) is 42.5 Å². The second-order valence-corrected chi connectivity index (χ2v) is 3.48. The summed E-state index contributed by atoms with van der Waals surface area (Å²) in [5, 5.41) is 7.58. The van der Waals surface area contributed by atoms with Gasteiger partial charge in [0, 0.05) is 5.71 Å². The molecule has 1 nitrogen and oxygen atoms in total. The molecule has 0 bridgehead atoms. The predicted molar refractivity (Wildman–Crippen MR) is 55.3 cm³/mol. The largest absolute Gasteiger partial charge is 0.305 e. The fraction of sp³-hybridized carbons (Fsp3) is 0.250. The molecular formula is C12H13N. The topological polar surface area (TPSA) is 23.9 Å². The number of benzene rings is 1. The average Bonchev–Trinajstić information content (AvgIpc) is 2.19. The SMILES string of the molecule is N=C1C=CCC(c2ccccc2)C1. The van der Waals surface area contributed by atoms with Crippen LogP contribution in [-0.4, -0.2) is 5.71 Å². The van der Waals surface area contributed by atoms with Crippen molar-refractivity contribution < 1.29 is 0 Å². The molecule has 0 saturated heterocycles. The Morgan fingerprint density at radius 1 is 1.15 bits per heavy atom. The molecule has 66 valence electrons. The maximum absolute atomic E-state index is 7.58. The highest BCUT2D eigenvalue weighted by Crippen LogP contribution is 2.27. The van der Waals surface area contributed by atoms with Crippen LogP contribution in [0.3, 0.4) is 0 Å². The van der Waals surface area contributed by atoms with Crippen LogP contribution < -0.4 is 0 Å². The van der Waals surface area contributed by atoms with Crippen LogP contribution in [-0.2, 0) is 0 Å². The number of allylic oxidation sites excluding steroid dienone is 2. The summed E-state index contributed by atoms with van der Waals surface area (Å²) in [4.78, 5) is 0. The van der Waals surface area contributed by atoms with E-state index >= 15 is 0 Å². The van der Waals surface area contributed by atoms with Gasteiger partial charge < -0.3 is 5.41 Å². The normalized spacial score (nSPS) is 21.8. The maximum atomic E-state index is 7.58. The summed E-state index contributed by atoms with van der Waals surface area (Å²) < 4.78 is 0. The molecule has 1 unspecified atom stereocenters. The molecule has 1 heteroatoms. The lowest BCUT2D eigenvalue weighted by Crippen LogP contribution is -2.07. The summed E-state index contributed by atoms with van der Waals surface area (Å²) in [6.07, 6.45) is 5.98. The minimum atomic E-state index is 0.527. The quantitative estimate of drug-likeness (QED) is 0.671. The Hall–Kier alpha value is -1.37. The minimum absolute atomic E-state index is 0.527. The van der Waals surface area contributed by atoms with E-state index in [1.54, 1.807) is 0 Å². The lowest BCUT2D eigenvalue weighted by atomic mass is 9.87. The number of nitrogens with one attached hydrogen (secondary N) is 1. The highest BCUT2D eigenvalue weighted by atomic mass is 14.4. The molecule has 0 heterocycles. The molecular weight excluding hydrogens is 158 g/mol. The first-order chi connectivity index (χ1) is 6.36. The van der Waals surface area contributed by atoms with Gasteiger partial charge in [0.25, 0.3) is 0 Å². The van der Waals surface area contributed by atoms with Crippen molar-refractivity contribution in [2.75, 3.05) is 0 Å². The molecule has 1 N–H and O–H groups in total. The van der Waals surface area contributed by atoms with Crippen molar-refractivity contribution >= 4 is 5.71 Å². The summed E-state index contributed by atoms with van der Waals surface area (Å²) in [7, 11) is 0. The Bertz CT molecular complexity index is 324. The van der Waals surface area contributed by atoms with Crippen LogP contribution in [0.5, 0.6) is 0 Å². The smallest absolute Gasteiger partial charge is 0.0316 e. The standard InChI is InChI=1S/C12H13N/c13-12-8-4-7-11(9-12)10-5-2-1-3-6-10/h1-6,8,11,13H,7,9H2. The van der Waals surface area contributed by atoms with Gasteiger partial charge in [0.05, 0.1) is 0 Å². The molecule has 0 aromatic heterocycles. The minimum Gasteiger partial charge on any atom is -0.305 e. The second-order valence-electron chi connectivity index (χ2n) is 3.48. The summed E-state index contributed by atoms with van der Waals surface area (Å²) in [5.41, 5.74) is 2.11. The zero-order valence-corrected chi connectivity index (χ0v) is 7.53. The first-order valence-electron chi connectivity index (χ1n) is 4.65. The Morgan fingerprint density at radius 3 is 2.62 bits per heavy atom. The van der Waals surface area contributed by atoms with Gasteiger partial charge >= 0.3 is 0 Å². The zero-order chi connectivity index (χ0) is 9.10. The van der Waals surface area contributed by atoms with E-state index in [4.69, 9.17) is 5.41 Å². The fourth-order valence-electron chi connectivity index (χ4n) is 1.77. The molecule has 2 rings (SSSR count). The second kappa shape index (κ2) is 3.56. The molecule has 0 spiro atoms. The molecule has 0 fully saturated rings. The van der Waals surface area contributed by atoms with Crippen molar-refractivity contribution in [1.82, 2.24) is 0 Å².